The first-order chi connectivity index (χ1) is 5.75. The van der Waals surface area contributed by atoms with Crippen LogP contribution >= 0.6 is 9.24 Å². The van der Waals surface area contributed by atoms with Crippen LogP contribution in [0.4, 0.5) is 0 Å². The van der Waals surface area contributed by atoms with Crippen molar-refractivity contribution in [3.63, 3.8) is 0 Å². The van der Waals surface area contributed by atoms with Crippen LogP contribution in [0.1, 0.15) is 18.1 Å². The first-order valence-electron chi connectivity index (χ1n) is 4.16. The largest absolute Gasteiger partial charge is 0.313 e. The van der Waals surface area contributed by atoms with Gasteiger partial charge >= 0.3 is 0 Å². The maximum atomic E-state index is 4.22. The summed E-state index contributed by atoms with van der Waals surface area (Å²) in [6.07, 6.45) is 1.84. The molecule has 0 amide bonds. The Labute approximate surface area is 76.0 Å². The number of aromatic nitrogens is 1. The average molecular weight is 182 g/mol. The standard InChI is InChI=1S/C9H15N2P/c1-3-10-6-8-7(2)4-5-11-9(8)12/h4-5,10H,3,6,12H2,1-2H3. The molecular formula is C9H15N2P. The van der Waals surface area contributed by atoms with Crippen LogP contribution in [-0.4, -0.2) is 11.5 Å². The highest BCUT2D eigenvalue weighted by molar-refractivity contribution is 7.27. The Kier molecular flexibility index (Phi) is 3.64. The molecule has 0 saturated carbocycles. The van der Waals surface area contributed by atoms with Crippen molar-refractivity contribution in [1.29, 1.82) is 0 Å². The summed E-state index contributed by atoms with van der Waals surface area (Å²) in [6.45, 7) is 6.13. The van der Waals surface area contributed by atoms with E-state index >= 15 is 0 Å². The molecular weight excluding hydrogens is 167 g/mol. The molecule has 1 unspecified atom stereocenters. The van der Waals surface area contributed by atoms with Gasteiger partial charge in [-0.15, -0.1) is 0 Å². The lowest BCUT2D eigenvalue weighted by molar-refractivity contribution is 0.725. The second kappa shape index (κ2) is 4.54. The minimum absolute atomic E-state index is 0.912. The molecule has 1 aromatic heterocycles. The third-order valence-corrected chi connectivity index (χ3v) is 2.37. The Balaban J connectivity index is 2.81. The van der Waals surface area contributed by atoms with E-state index in [1.54, 1.807) is 0 Å². The van der Waals surface area contributed by atoms with Gasteiger partial charge in [0.1, 0.15) is 0 Å². The van der Waals surface area contributed by atoms with Crippen molar-refractivity contribution in [1.82, 2.24) is 10.3 Å². The minimum atomic E-state index is 0.912. The van der Waals surface area contributed by atoms with Crippen LogP contribution in [0.2, 0.25) is 0 Å². The van der Waals surface area contributed by atoms with Gasteiger partial charge in [0.15, 0.2) is 0 Å². The number of rotatable bonds is 3. The highest BCUT2D eigenvalue weighted by Gasteiger charge is 2.00. The average Bonchev–Trinajstić information content (AvgIpc) is 2.04. The molecule has 1 rings (SSSR count). The first-order valence-corrected chi connectivity index (χ1v) is 4.74. The van der Waals surface area contributed by atoms with E-state index in [0.717, 1.165) is 18.5 Å². The smallest absolute Gasteiger partial charge is 0.0616 e. The molecule has 66 valence electrons. The van der Waals surface area contributed by atoms with Gasteiger partial charge in [-0.2, -0.15) is 0 Å². The van der Waals surface area contributed by atoms with Gasteiger partial charge in [0.05, 0.1) is 5.44 Å². The van der Waals surface area contributed by atoms with Crippen LogP contribution in [0.25, 0.3) is 0 Å². The third kappa shape index (κ3) is 2.26. The van der Waals surface area contributed by atoms with Crippen LogP contribution < -0.4 is 10.8 Å². The summed E-state index contributed by atoms with van der Waals surface area (Å²) < 4.78 is 0. The van der Waals surface area contributed by atoms with Crippen molar-refractivity contribution >= 4 is 14.7 Å². The molecule has 0 bridgehead atoms. The van der Waals surface area contributed by atoms with Crippen LogP contribution in [0.15, 0.2) is 12.3 Å². The van der Waals surface area contributed by atoms with E-state index in [2.05, 4.69) is 33.4 Å². The zero-order chi connectivity index (χ0) is 8.97. The molecule has 0 aliphatic heterocycles. The molecule has 0 radical (unpaired) electrons. The molecule has 2 nitrogen and oxygen atoms in total. The molecule has 1 heterocycles. The summed E-state index contributed by atoms with van der Waals surface area (Å²) in [6, 6.07) is 2.04. The SMILES string of the molecule is CCNCc1c(C)ccnc1P. The molecule has 1 aromatic rings. The number of hydrogen-bond acceptors (Lipinski definition) is 2. The molecule has 1 atom stereocenters. The molecule has 1 N–H and O–H groups in total. The van der Waals surface area contributed by atoms with Gasteiger partial charge in [-0.3, -0.25) is 4.98 Å². The maximum absolute atomic E-state index is 4.22. The number of nitrogens with zero attached hydrogens (tertiary/aromatic N) is 1. The zero-order valence-corrected chi connectivity index (χ0v) is 8.75. The van der Waals surface area contributed by atoms with Crippen molar-refractivity contribution in [2.75, 3.05) is 6.54 Å². The van der Waals surface area contributed by atoms with Crippen LogP contribution in [-0.2, 0) is 6.54 Å². The van der Waals surface area contributed by atoms with E-state index in [4.69, 9.17) is 0 Å². The number of nitrogens with one attached hydrogen (secondary N) is 1. The lowest BCUT2D eigenvalue weighted by Gasteiger charge is -2.07. The van der Waals surface area contributed by atoms with Crippen LogP contribution in [0.5, 0.6) is 0 Å². The molecule has 0 spiro atoms. The van der Waals surface area contributed by atoms with Crippen molar-refractivity contribution in [3.05, 3.63) is 23.4 Å². The van der Waals surface area contributed by atoms with E-state index in [9.17, 15) is 0 Å². The summed E-state index contributed by atoms with van der Waals surface area (Å²) in [5.74, 6) is 0. The van der Waals surface area contributed by atoms with E-state index in [-0.39, 0.29) is 0 Å². The predicted octanol–water partition coefficient (Wildman–Crippen LogP) is 1.000. The second-order valence-electron chi connectivity index (χ2n) is 2.77. The summed E-state index contributed by atoms with van der Waals surface area (Å²) in [5, 5.41) is 3.29. The van der Waals surface area contributed by atoms with E-state index in [0.29, 0.717) is 0 Å². The van der Waals surface area contributed by atoms with Crippen LogP contribution in [0, 0.1) is 6.92 Å². The van der Waals surface area contributed by atoms with Gasteiger partial charge in [0.25, 0.3) is 0 Å². The highest BCUT2D eigenvalue weighted by Crippen LogP contribution is 2.04. The summed E-state index contributed by atoms with van der Waals surface area (Å²) in [7, 11) is 2.66. The van der Waals surface area contributed by atoms with Gasteiger partial charge in [0, 0.05) is 12.7 Å². The molecule has 0 saturated heterocycles. The third-order valence-electron chi connectivity index (χ3n) is 1.88. The fourth-order valence-electron chi connectivity index (χ4n) is 1.09. The molecule has 0 fully saturated rings. The first kappa shape index (κ1) is 9.63. The monoisotopic (exact) mass is 182 g/mol. The summed E-state index contributed by atoms with van der Waals surface area (Å²) in [4.78, 5) is 4.22. The van der Waals surface area contributed by atoms with E-state index < -0.39 is 0 Å². The fraction of sp³-hybridized carbons (Fsp3) is 0.444. The summed E-state index contributed by atoms with van der Waals surface area (Å²) >= 11 is 0. The Morgan fingerprint density at radius 3 is 2.92 bits per heavy atom. The topological polar surface area (TPSA) is 24.9 Å². The minimum Gasteiger partial charge on any atom is -0.313 e. The summed E-state index contributed by atoms with van der Waals surface area (Å²) in [5.41, 5.74) is 3.65. The van der Waals surface area contributed by atoms with Crippen molar-refractivity contribution < 1.29 is 0 Å². The Hall–Kier alpha value is -0.460. The molecule has 12 heavy (non-hydrogen) atoms. The predicted molar refractivity (Wildman–Crippen MR) is 55.7 cm³/mol. The number of pyridine rings is 1. The second-order valence-corrected chi connectivity index (χ2v) is 3.32. The Morgan fingerprint density at radius 2 is 2.33 bits per heavy atom. The van der Waals surface area contributed by atoms with E-state index in [1.807, 2.05) is 12.3 Å². The lowest BCUT2D eigenvalue weighted by atomic mass is 10.1. The highest BCUT2D eigenvalue weighted by atomic mass is 31.0. The quantitative estimate of drug-likeness (QED) is 0.705. The number of aryl methyl sites for hydroxylation is 1. The zero-order valence-electron chi connectivity index (χ0n) is 7.59. The van der Waals surface area contributed by atoms with Gasteiger partial charge in [-0.1, -0.05) is 16.2 Å². The Morgan fingerprint density at radius 1 is 1.58 bits per heavy atom. The fourth-order valence-corrected chi connectivity index (χ4v) is 1.51. The van der Waals surface area contributed by atoms with Gasteiger partial charge < -0.3 is 5.32 Å². The van der Waals surface area contributed by atoms with Crippen molar-refractivity contribution in [2.45, 2.75) is 20.4 Å². The van der Waals surface area contributed by atoms with Crippen molar-refractivity contribution in [3.8, 4) is 0 Å². The lowest BCUT2D eigenvalue weighted by Crippen LogP contribution is -2.18. The van der Waals surface area contributed by atoms with Gasteiger partial charge in [-0.25, -0.2) is 0 Å². The molecule has 0 aliphatic rings. The van der Waals surface area contributed by atoms with Crippen molar-refractivity contribution in [2.24, 2.45) is 0 Å². The normalized spacial score (nSPS) is 10.2. The molecule has 3 heteroatoms. The Bertz CT molecular complexity index is 240. The maximum Gasteiger partial charge on any atom is 0.0616 e. The van der Waals surface area contributed by atoms with Gasteiger partial charge in [0.2, 0.25) is 0 Å². The number of hydrogen-bond donors (Lipinski definition) is 1. The molecule has 0 aliphatic carbocycles. The van der Waals surface area contributed by atoms with Crippen LogP contribution in [0.3, 0.4) is 0 Å². The van der Waals surface area contributed by atoms with E-state index in [1.165, 1.54) is 11.1 Å². The molecule has 0 aromatic carbocycles. The van der Waals surface area contributed by atoms with Gasteiger partial charge in [-0.05, 0) is 30.7 Å².